The van der Waals surface area contributed by atoms with Crippen molar-refractivity contribution in [1.29, 1.82) is 0 Å². The quantitative estimate of drug-likeness (QED) is 0.519. The van der Waals surface area contributed by atoms with E-state index < -0.39 is 10.8 Å². The zero-order chi connectivity index (χ0) is 5.28. The van der Waals surface area contributed by atoms with Crippen molar-refractivity contribution in [2.45, 2.75) is 0 Å². The van der Waals surface area contributed by atoms with E-state index in [-0.39, 0.29) is 0 Å². The first-order valence-electron chi connectivity index (χ1n) is 1.65. The van der Waals surface area contributed by atoms with Gasteiger partial charge in [-0.15, -0.1) is 0 Å². The molecule has 0 saturated heterocycles. The average molecular weight is 222 g/mol. The molecule has 1 unspecified atom stereocenters. The number of hydrogen-bond donors (Lipinski definition) is 0. The minimum atomic E-state index is -0.876. The number of rotatable bonds is 0. The van der Waals surface area contributed by atoms with Crippen LogP contribution in [0.25, 0.3) is 0 Å². The fraction of sp³-hybridized carbons (Fsp3) is 0. The molecule has 0 aromatic carbocycles. The molecule has 0 bridgehead atoms. The van der Waals surface area contributed by atoms with Crippen molar-refractivity contribution in [3.8, 4) is 0 Å². The molecule has 7 heavy (non-hydrogen) atoms. The van der Waals surface area contributed by atoms with Crippen LogP contribution in [-0.4, -0.2) is 30.2 Å². The summed E-state index contributed by atoms with van der Waals surface area (Å²) in [5.74, 6) is 0. The number of hydrogen-bond acceptors (Lipinski definition) is 2. The van der Waals surface area contributed by atoms with Gasteiger partial charge in [-0.2, -0.15) is 0 Å². The molecule has 0 amide bonds. The van der Waals surface area contributed by atoms with Gasteiger partial charge in [-0.1, -0.05) is 0 Å². The third-order valence-electron chi connectivity index (χ3n) is 0.549. The topological polar surface area (TPSA) is 29.4 Å². The van der Waals surface area contributed by atoms with E-state index in [1.54, 1.807) is 11.6 Å². The summed E-state index contributed by atoms with van der Waals surface area (Å²) in [5.41, 5.74) is 0. The van der Waals surface area contributed by atoms with Crippen molar-refractivity contribution >= 4 is 36.8 Å². The zero-order valence-corrected chi connectivity index (χ0v) is 6.73. The zero-order valence-electron chi connectivity index (χ0n) is 3.37. The summed E-state index contributed by atoms with van der Waals surface area (Å²) < 4.78 is 11.2. The van der Waals surface area contributed by atoms with E-state index in [4.69, 9.17) is 0 Å². The van der Waals surface area contributed by atoms with Gasteiger partial charge in [0.25, 0.3) is 0 Å². The molecule has 2 nitrogen and oxygen atoms in total. The molecule has 2 radical (unpaired) electrons. The van der Waals surface area contributed by atoms with Crippen LogP contribution in [-0.2, 0) is 10.8 Å². The normalized spacial score (nSPS) is 28.1. The molecule has 0 aromatic heterocycles. The minimum absolute atomic E-state index is 0.744. The number of nitrogens with zero attached hydrogens (tertiary/aromatic N) is 1. The molecule has 0 aliphatic carbocycles. The Labute approximate surface area is 57.7 Å². The Morgan fingerprint density at radius 1 is 1.86 bits per heavy atom. The van der Waals surface area contributed by atoms with Crippen molar-refractivity contribution in [2.24, 2.45) is 4.99 Å². The van der Waals surface area contributed by atoms with Gasteiger partial charge in [0, 0.05) is 0 Å². The molecular weight excluding hydrogens is 220 g/mol. The molecule has 0 saturated carbocycles. The maximum absolute atomic E-state index is 10.5. The molecular formula is C3H2NOSSb. The van der Waals surface area contributed by atoms with E-state index in [1.165, 1.54) is 23.0 Å². The van der Waals surface area contributed by atoms with Gasteiger partial charge in [-0.25, -0.2) is 0 Å². The molecule has 0 spiro atoms. The Morgan fingerprint density at radius 3 is 2.71 bits per heavy atom. The van der Waals surface area contributed by atoms with Crippen LogP contribution >= 0.6 is 0 Å². The second kappa shape index (κ2) is 2.10. The first-order valence-corrected chi connectivity index (χ1v) is 4.13. The van der Waals surface area contributed by atoms with Gasteiger partial charge in [0.2, 0.25) is 0 Å². The van der Waals surface area contributed by atoms with Gasteiger partial charge in [0.1, 0.15) is 0 Å². The average Bonchev–Trinajstić information content (AvgIpc) is 1.91. The first kappa shape index (κ1) is 5.51. The Kier molecular flexibility index (Phi) is 1.65. The summed E-state index contributed by atoms with van der Waals surface area (Å²) in [6, 6.07) is 0. The third kappa shape index (κ3) is 1.14. The SMILES string of the molecule is O=S1C=CN=[C]1[Sb]. The fourth-order valence-corrected chi connectivity index (χ4v) is 1.43. The van der Waals surface area contributed by atoms with Crippen molar-refractivity contribution in [1.82, 2.24) is 0 Å². The summed E-state index contributed by atoms with van der Waals surface area (Å²) in [4.78, 5) is 3.78. The van der Waals surface area contributed by atoms with Crippen LogP contribution in [0.2, 0.25) is 0 Å². The van der Waals surface area contributed by atoms with Crippen molar-refractivity contribution < 1.29 is 4.21 Å². The van der Waals surface area contributed by atoms with E-state index in [0.29, 0.717) is 0 Å². The molecule has 0 aromatic rings. The van der Waals surface area contributed by atoms with Crippen molar-refractivity contribution in [2.75, 3.05) is 0 Å². The second-order valence-corrected chi connectivity index (χ2v) is 4.36. The third-order valence-corrected chi connectivity index (χ3v) is 3.25. The van der Waals surface area contributed by atoms with Crippen molar-refractivity contribution in [3.05, 3.63) is 11.6 Å². The van der Waals surface area contributed by atoms with Gasteiger partial charge in [-0.3, -0.25) is 0 Å². The predicted octanol–water partition coefficient (Wildman–Crippen LogP) is -0.256. The molecule has 1 aliphatic heterocycles. The van der Waals surface area contributed by atoms with Crippen LogP contribution < -0.4 is 0 Å². The fourth-order valence-electron chi connectivity index (χ4n) is 0.262. The molecule has 1 rings (SSSR count). The molecule has 1 aliphatic rings. The Morgan fingerprint density at radius 2 is 2.57 bits per heavy atom. The van der Waals surface area contributed by atoms with Crippen LogP contribution in [0.3, 0.4) is 0 Å². The van der Waals surface area contributed by atoms with Gasteiger partial charge in [-0.05, 0) is 0 Å². The summed E-state index contributed by atoms with van der Waals surface area (Å²) in [5, 5.41) is 1.58. The van der Waals surface area contributed by atoms with Crippen LogP contribution in [0.1, 0.15) is 0 Å². The van der Waals surface area contributed by atoms with E-state index in [2.05, 4.69) is 4.99 Å². The van der Waals surface area contributed by atoms with E-state index in [0.717, 1.165) is 2.99 Å². The molecule has 36 valence electrons. The Balaban J connectivity index is 2.89. The Hall–Kier alpha value is 0.378. The van der Waals surface area contributed by atoms with Gasteiger partial charge in [0.15, 0.2) is 0 Å². The first-order chi connectivity index (χ1) is 3.30. The summed E-state index contributed by atoms with van der Waals surface area (Å²) in [7, 11) is -0.876. The summed E-state index contributed by atoms with van der Waals surface area (Å²) in [6.07, 6.45) is 1.57. The monoisotopic (exact) mass is 221 g/mol. The molecule has 4 heteroatoms. The standard InChI is InChI=1S/C3H2NOS.Sb/c5-6-2-1-4-3-6;/h1-2H;. The van der Waals surface area contributed by atoms with Gasteiger partial charge >= 0.3 is 57.6 Å². The van der Waals surface area contributed by atoms with Crippen LogP contribution in [0.4, 0.5) is 0 Å². The van der Waals surface area contributed by atoms with Gasteiger partial charge in [0.05, 0.1) is 0 Å². The predicted molar refractivity (Wildman–Crippen MR) is 30.5 cm³/mol. The van der Waals surface area contributed by atoms with E-state index in [1.807, 2.05) is 0 Å². The van der Waals surface area contributed by atoms with Gasteiger partial charge < -0.3 is 0 Å². The van der Waals surface area contributed by atoms with Crippen LogP contribution in [0.15, 0.2) is 16.6 Å². The molecule has 1 heterocycles. The Bertz CT molecular complexity index is 162. The summed E-state index contributed by atoms with van der Waals surface area (Å²) in [6.45, 7) is 0. The molecule has 1 atom stereocenters. The number of aliphatic imine (C=N–C) groups is 1. The van der Waals surface area contributed by atoms with E-state index in [9.17, 15) is 4.21 Å². The molecule has 0 fully saturated rings. The van der Waals surface area contributed by atoms with Crippen LogP contribution in [0, 0.1) is 0 Å². The van der Waals surface area contributed by atoms with Crippen molar-refractivity contribution in [3.63, 3.8) is 0 Å². The maximum atomic E-state index is 10.5. The van der Waals surface area contributed by atoms with E-state index >= 15 is 0 Å². The summed E-state index contributed by atoms with van der Waals surface area (Å²) >= 11 is 1.41. The van der Waals surface area contributed by atoms with Crippen LogP contribution in [0.5, 0.6) is 0 Å². The second-order valence-electron chi connectivity index (χ2n) is 0.994. The molecule has 0 N–H and O–H groups in total.